The van der Waals surface area contributed by atoms with Gasteiger partial charge in [-0.3, -0.25) is 0 Å². The molecule has 0 aromatic heterocycles. The van der Waals surface area contributed by atoms with Crippen LogP contribution in [-0.2, 0) is 0 Å². The van der Waals surface area contributed by atoms with Crippen molar-refractivity contribution in [3.8, 4) is 0 Å². The second-order valence-electron chi connectivity index (χ2n) is 2.81. The predicted octanol–water partition coefficient (Wildman–Crippen LogP) is 2.20. The summed E-state index contributed by atoms with van der Waals surface area (Å²) in [4.78, 5) is 0. The third kappa shape index (κ3) is 5.80. The summed E-state index contributed by atoms with van der Waals surface area (Å²) in [6.45, 7) is 2.08. The van der Waals surface area contributed by atoms with Crippen LogP contribution >= 0.6 is 31.9 Å². The van der Waals surface area contributed by atoms with Crippen LogP contribution < -0.4 is 0 Å². The molecule has 0 rings (SSSR count). The molecule has 0 heterocycles. The van der Waals surface area contributed by atoms with Gasteiger partial charge in [-0.25, -0.2) is 0 Å². The highest BCUT2D eigenvalue weighted by molar-refractivity contribution is 9.14. The number of hydrogen-bond acceptors (Lipinski definition) is 3. The van der Waals surface area contributed by atoms with Crippen molar-refractivity contribution in [1.82, 2.24) is 0 Å². The SMILES string of the molecule is CCCCCC(Br)=C(Br)C(O)(O)O. The van der Waals surface area contributed by atoms with Crippen molar-refractivity contribution >= 4 is 31.9 Å². The van der Waals surface area contributed by atoms with Gasteiger partial charge < -0.3 is 15.3 Å². The molecule has 3 nitrogen and oxygen atoms in total. The molecule has 0 aromatic rings. The van der Waals surface area contributed by atoms with E-state index >= 15 is 0 Å². The van der Waals surface area contributed by atoms with Crippen molar-refractivity contribution in [2.45, 2.75) is 38.6 Å². The summed E-state index contributed by atoms with van der Waals surface area (Å²) in [5.74, 6) is -2.77. The highest BCUT2D eigenvalue weighted by Crippen LogP contribution is 2.29. The highest BCUT2D eigenvalue weighted by atomic mass is 79.9. The molecule has 13 heavy (non-hydrogen) atoms. The largest absolute Gasteiger partial charge is 0.339 e. The summed E-state index contributed by atoms with van der Waals surface area (Å²) in [6, 6.07) is 0. The van der Waals surface area contributed by atoms with E-state index < -0.39 is 5.97 Å². The monoisotopic (exact) mass is 316 g/mol. The fourth-order valence-corrected chi connectivity index (χ4v) is 1.57. The van der Waals surface area contributed by atoms with Crippen LogP contribution in [0.4, 0.5) is 0 Å². The molecule has 0 atom stereocenters. The number of aliphatic hydroxyl groups is 3. The maximum absolute atomic E-state index is 8.79. The van der Waals surface area contributed by atoms with Crippen LogP contribution in [0.3, 0.4) is 0 Å². The van der Waals surface area contributed by atoms with Gasteiger partial charge in [-0.05, 0) is 28.8 Å². The van der Waals surface area contributed by atoms with Gasteiger partial charge in [-0.2, -0.15) is 0 Å². The Bertz CT molecular complexity index is 184. The molecular formula is C8H14Br2O3. The third-order valence-electron chi connectivity index (χ3n) is 1.53. The van der Waals surface area contributed by atoms with Crippen molar-refractivity contribution in [1.29, 1.82) is 0 Å². The lowest BCUT2D eigenvalue weighted by atomic mass is 10.2. The standard InChI is InChI=1S/C8H14Br2O3/c1-2-3-4-5-6(9)7(10)8(11,12)13/h11-13H,2-5H2,1H3. The Morgan fingerprint density at radius 1 is 1.15 bits per heavy atom. The molecule has 0 aliphatic rings. The zero-order valence-corrected chi connectivity index (χ0v) is 10.6. The smallest absolute Gasteiger partial charge is 0.312 e. The van der Waals surface area contributed by atoms with Crippen molar-refractivity contribution in [2.24, 2.45) is 0 Å². The Morgan fingerprint density at radius 2 is 1.69 bits per heavy atom. The minimum atomic E-state index is -2.77. The van der Waals surface area contributed by atoms with Gasteiger partial charge in [0.15, 0.2) is 0 Å². The van der Waals surface area contributed by atoms with E-state index in [2.05, 4.69) is 38.8 Å². The van der Waals surface area contributed by atoms with Crippen LogP contribution in [0.1, 0.15) is 32.6 Å². The number of unbranched alkanes of at least 4 members (excludes halogenated alkanes) is 2. The normalized spacial score (nSPS) is 14.3. The minimum absolute atomic E-state index is 0.0314. The maximum Gasteiger partial charge on any atom is 0.312 e. The van der Waals surface area contributed by atoms with E-state index in [1.807, 2.05) is 0 Å². The number of rotatable bonds is 5. The second kappa shape index (κ2) is 6.14. The average Bonchev–Trinajstić information content (AvgIpc) is 2.01. The van der Waals surface area contributed by atoms with E-state index in [9.17, 15) is 0 Å². The summed E-state index contributed by atoms with van der Waals surface area (Å²) in [6.07, 6.45) is 3.80. The van der Waals surface area contributed by atoms with E-state index in [1.165, 1.54) is 0 Å². The van der Waals surface area contributed by atoms with E-state index in [-0.39, 0.29) is 4.48 Å². The van der Waals surface area contributed by atoms with Gasteiger partial charge in [0.25, 0.3) is 0 Å². The second-order valence-corrected chi connectivity index (χ2v) is 4.56. The van der Waals surface area contributed by atoms with E-state index in [0.717, 1.165) is 19.3 Å². The number of allylic oxidation sites excluding steroid dienone is 1. The highest BCUT2D eigenvalue weighted by Gasteiger charge is 2.25. The molecule has 0 spiro atoms. The lowest BCUT2D eigenvalue weighted by Crippen LogP contribution is -2.27. The molecule has 3 N–H and O–H groups in total. The van der Waals surface area contributed by atoms with Crippen molar-refractivity contribution in [3.05, 3.63) is 8.96 Å². The van der Waals surface area contributed by atoms with Gasteiger partial charge >= 0.3 is 5.97 Å². The summed E-state index contributed by atoms with van der Waals surface area (Å²) in [7, 11) is 0. The third-order valence-corrected chi connectivity index (χ3v) is 3.87. The minimum Gasteiger partial charge on any atom is -0.339 e. The van der Waals surface area contributed by atoms with Gasteiger partial charge in [-0.15, -0.1) is 0 Å². The van der Waals surface area contributed by atoms with Crippen molar-refractivity contribution < 1.29 is 15.3 Å². The van der Waals surface area contributed by atoms with E-state index in [0.29, 0.717) is 10.9 Å². The van der Waals surface area contributed by atoms with Crippen LogP contribution in [0, 0.1) is 0 Å². The van der Waals surface area contributed by atoms with Gasteiger partial charge in [-0.1, -0.05) is 35.7 Å². The van der Waals surface area contributed by atoms with Crippen LogP contribution in [0.2, 0.25) is 0 Å². The molecule has 0 aromatic carbocycles. The predicted molar refractivity (Wildman–Crippen MR) is 58.4 cm³/mol. The fourth-order valence-electron chi connectivity index (χ4n) is 0.822. The molecule has 0 bridgehead atoms. The molecule has 0 radical (unpaired) electrons. The molecule has 0 unspecified atom stereocenters. The molecule has 0 saturated heterocycles. The molecule has 0 fully saturated rings. The first-order valence-corrected chi connectivity index (χ1v) is 5.70. The number of hydrogen-bond donors (Lipinski definition) is 3. The Kier molecular flexibility index (Phi) is 6.41. The van der Waals surface area contributed by atoms with Gasteiger partial charge in [0, 0.05) is 4.48 Å². The summed E-state index contributed by atoms with van der Waals surface area (Å²) in [5.41, 5.74) is 0. The Hall–Kier alpha value is 0.580. The molecule has 0 aliphatic heterocycles. The first kappa shape index (κ1) is 13.6. The topological polar surface area (TPSA) is 60.7 Å². The van der Waals surface area contributed by atoms with Crippen LogP contribution in [0.5, 0.6) is 0 Å². The van der Waals surface area contributed by atoms with Crippen LogP contribution in [-0.4, -0.2) is 21.3 Å². The van der Waals surface area contributed by atoms with Gasteiger partial charge in [0.2, 0.25) is 0 Å². The van der Waals surface area contributed by atoms with Gasteiger partial charge in [0.05, 0.1) is 4.48 Å². The fraction of sp³-hybridized carbons (Fsp3) is 0.750. The van der Waals surface area contributed by atoms with Gasteiger partial charge in [0.1, 0.15) is 0 Å². The van der Waals surface area contributed by atoms with E-state index in [1.54, 1.807) is 0 Å². The first-order chi connectivity index (χ1) is 5.89. The zero-order chi connectivity index (χ0) is 10.5. The summed E-state index contributed by atoms with van der Waals surface area (Å²) < 4.78 is 0.546. The molecule has 0 aliphatic carbocycles. The molecule has 78 valence electrons. The average molecular weight is 318 g/mol. The Morgan fingerprint density at radius 3 is 2.08 bits per heavy atom. The Balaban J connectivity index is 4.12. The van der Waals surface area contributed by atoms with Crippen LogP contribution in [0.25, 0.3) is 0 Å². The Labute approximate surface area is 94.7 Å². The number of halogens is 2. The quantitative estimate of drug-likeness (QED) is 0.538. The first-order valence-electron chi connectivity index (χ1n) is 4.11. The van der Waals surface area contributed by atoms with Crippen molar-refractivity contribution in [2.75, 3.05) is 0 Å². The lowest BCUT2D eigenvalue weighted by Gasteiger charge is -2.15. The zero-order valence-electron chi connectivity index (χ0n) is 7.43. The molecule has 5 heteroatoms. The summed E-state index contributed by atoms with van der Waals surface area (Å²) in [5, 5.41) is 26.4. The van der Waals surface area contributed by atoms with Crippen LogP contribution in [0.15, 0.2) is 8.96 Å². The van der Waals surface area contributed by atoms with Crippen molar-refractivity contribution in [3.63, 3.8) is 0 Å². The van der Waals surface area contributed by atoms with E-state index in [4.69, 9.17) is 15.3 Å². The molecular weight excluding hydrogens is 304 g/mol. The summed E-state index contributed by atoms with van der Waals surface area (Å²) >= 11 is 6.06. The molecule has 0 amide bonds. The maximum atomic E-state index is 8.79. The molecule has 0 saturated carbocycles. The lowest BCUT2D eigenvalue weighted by molar-refractivity contribution is -0.275.